The highest BCUT2D eigenvalue weighted by Gasteiger charge is 2.42. The minimum Gasteiger partial charge on any atom is -0.445 e. The summed E-state index contributed by atoms with van der Waals surface area (Å²) in [5.74, 6) is -0.0734. The second kappa shape index (κ2) is 7.00. The van der Waals surface area contributed by atoms with Gasteiger partial charge in [0, 0.05) is 19.5 Å². The summed E-state index contributed by atoms with van der Waals surface area (Å²) in [6.45, 7) is 1.78. The van der Waals surface area contributed by atoms with Gasteiger partial charge < -0.3 is 14.7 Å². The maximum Gasteiger partial charge on any atom is 0.410 e. The SMILES string of the molecule is O=C([C@@H]1CC(O)CN1C(=O)OCc1ccccc1)N1CCCC1. The Kier molecular flexibility index (Phi) is 4.81. The third kappa shape index (κ3) is 3.64. The topological polar surface area (TPSA) is 70.1 Å². The maximum absolute atomic E-state index is 12.5. The molecule has 1 aromatic rings. The molecule has 124 valence electrons. The first-order valence-electron chi connectivity index (χ1n) is 8.09. The van der Waals surface area contributed by atoms with Crippen molar-refractivity contribution in [1.29, 1.82) is 0 Å². The standard InChI is InChI=1S/C17H22N2O4/c20-14-10-15(16(21)18-8-4-5-9-18)19(11-14)17(22)23-12-13-6-2-1-3-7-13/h1-3,6-7,14-15,20H,4-5,8-12H2/t14?,15-/m0/s1. The number of likely N-dealkylation sites (tertiary alicyclic amines) is 2. The van der Waals surface area contributed by atoms with Crippen LogP contribution in [0.5, 0.6) is 0 Å². The van der Waals surface area contributed by atoms with Crippen molar-refractivity contribution in [2.45, 2.75) is 38.0 Å². The quantitative estimate of drug-likeness (QED) is 0.914. The number of benzene rings is 1. The number of carbonyl (C=O) groups excluding carboxylic acids is 2. The van der Waals surface area contributed by atoms with Gasteiger partial charge in [-0.2, -0.15) is 0 Å². The number of hydrogen-bond donors (Lipinski definition) is 1. The van der Waals surface area contributed by atoms with E-state index in [4.69, 9.17) is 4.74 Å². The van der Waals surface area contributed by atoms with Crippen LogP contribution in [0, 0.1) is 0 Å². The number of aliphatic hydroxyl groups is 1. The van der Waals surface area contributed by atoms with Crippen molar-refractivity contribution in [3.05, 3.63) is 35.9 Å². The minimum atomic E-state index is -0.671. The molecule has 23 heavy (non-hydrogen) atoms. The zero-order chi connectivity index (χ0) is 16.2. The van der Waals surface area contributed by atoms with Gasteiger partial charge in [0.25, 0.3) is 0 Å². The van der Waals surface area contributed by atoms with Gasteiger partial charge in [0.05, 0.1) is 12.6 Å². The highest BCUT2D eigenvalue weighted by atomic mass is 16.6. The Labute approximate surface area is 135 Å². The predicted octanol–water partition coefficient (Wildman–Crippen LogP) is 1.38. The second-order valence-electron chi connectivity index (χ2n) is 6.13. The highest BCUT2D eigenvalue weighted by molar-refractivity contribution is 5.86. The molecule has 3 rings (SSSR count). The zero-order valence-corrected chi connectivity index (χ0v) is 13.1. The summed E-state index contributed by atoms with van der Waals surface area (Å²) in [6.07, 6.45) is 1.08. The number of nitrogens with zero attached hydrogens (tertiary/aromatic N) is 2. The molecule has 2 atom stereocenters. The summed E-state index contributed by atoms with van der Waals surface area (Å²) < 4.78 is 5.31. The van der Waals surface area contributed by atoms with E-state index in [0.717, 1.165) is 31.5 Å². The molecule has 1 N–H and O–H groups in total. The van der Waals surface area contributed by atoms with Gasteiger partial charge in [0.15, 0.2) is 0 Å². The number of rotatable bonds is 3. The summed E-state index contributed by atoms with van der Waals surface area (Å²) in [4.78, 5) is 28.0. The smallest absolute Gasteiger partial charge is 0.410 e. The van der Waals surface area contributed by atoms with Crippen molar-refractivity contribution in [3.63, 3.8) is 0 Å². The molecule has 1 aromatic carbocycles. The second-order valence-corrected chi connectivity index (χ2v) is 6.13. The summed E-state index contributed by atoms with van der Waals surface area (Å²) in [7, 11) is 0. The summed E-state index contributed by atoms with van der Waals surface area (Å²) >= 11 is 0. The molecule has 6 heteroatoms. The molecule has 0 radical (unpaired) electrons. The average Bonchev–Trinajstić information content (AvgIpc) is 3.22. The van der Waals surface area contributed by atoms with Crippen molar-refractivity contribution in [2.24, 2.45) is 0 Å². The first kappa shape index (κ1) is 15.8. The summed E-state index contributed by atoms with van der Waals surface area (Å²) in [5.41, 5.74) is 0.892. The van der Waals surface area contributed by atoms with Gasteiger partial charge >= 0.3 is 6.09 Å². The third-order valence-electron chi connectivity index (χ3n) is 4.42. The minimum absolute atomic E-state index is 0.0734. The normalized spacial score (nSPS) is 24.0. The zero-order valence-electron chi connectivity index (χ0n) is 13.1. The number of carbonyl (C=O) groups is 2. The van der Waals surface area contributed by atoms with E-state index in [1.807, 2.05) is 30.3 Å². The molecule has 0 saturated carbocycles. The lowest BCUT2D eigenvalue weighted by Gasteiger charge is -2.26. The fourth-order valence-electron chi connectivity index (χ4n) is 3.20. The van der Waals surface area contributed by atoms with E-state index >= 15 is 0 Å². The van der Waals surface area contributed by atoms with Gasteiger partial charge in [-0.1, -0.05) is 30.3 Å². The molecular formula is C17H22N2O4. The first-order chi connectivity index (χ1) is 11.1. The van der Waals surface area contributed by atoms with Crippen LogP contribution >= 0.6 is 0 Å². The summed E-state index contributed by atoms with van der Waals surface area (Å²) in [6, 6.07) is 8.79. The Morgan fingerprint density at radius 2 is 1.87 bits per heavy atom. The maximum atomic E-state index is 12.5. The van der Waals surface area contributed by atoms with Crippen molar-refractivity contribution in [3.8, 4) is 0 Å². The Bertz CT molecular complexity index is 557. The molecular weight excluding hydrogens is 296 g/mol. The Morgan fingerprint density at radius 1 is 1.17 bits per heavy atom. The van der Waals surface area contributed by atoms with Crippen LogP contribution < -0.4 is 0 Å². The van der Waals surface area contributed by atoms with E-state index in [1.165, 1.54) is 4.90 Å². The van der Waals surface area contributed by atoms with E-state index in [1.54, 1.807) is 4.90 Å². The number of amides is 2. The monoisotopic (exact) mass is 318 g/mol. The van der Waals surface area contributed by atoms with Crippen LogP contribution in [-0.2, 0) is 16.1 Å². The van der Waals surface area contributed by atoms with E-state index in [2.05, 4.69) is 0 Å². The molecule has 2 aliphatic heterocycles. The van der Waals surface area contributed by atoms with Crippen LogP contribution in [-0.4, -0.2) is 58.7 Å². The van der Waals surface area contributed by atoms with Crippen molar-refractivity contribution in [2.75, 3.05) is 19.6 Å². The highest BCUT2D eigenvalue weighted by Crippen LogP contribution is 2.23. The van der Waals surface area contributed by atoms with Crippen LogP contribution in [0.25, 0.3) is 0 Å². The van der Waals surface area contributed by atoms with Gasteiger partial charge in [0.2, 0.25) is 5.91 Å². The number of ether oxygens (including phenoxy) is 1. The molecule has 2 fully saturated rings. The van der Waals surface area contributed by atoms with Gasteiger partial charge in [-0.25, -0.2) is 4.79 Å². The number of hydrogen-bond acceptors (Lipinski definition) is 4. The Balaban J connectivity index is 1.61. The van der Waals surface area contributed by atoms with E-state index in [-0.39, 0.29) is 25.5 Å². The summed E-state index contributed by atoms with van der Waals surface area (Å²) in [5, 5.41) is 9.88. The van der Waals surface area contributed by atoms with Gasteiger partial charge in [-0.3, -0.25) is 9.69 Å². The van der Waals surface area contributed by atoms with Crippen molar-refractivity contribution < 1.29 is 19.4 Å². The molecule has 0 aromatic heterocycles. The third-order valence-corrected chi connectivity index (χ3v) is 4.42. The number of β-amino-alcohol motifs (C(OH)–C–C–N with tert-alkyl or cyclic N) is 1. The van der Waals surface area contributed by atoms with Crippen molar-refractivity contribution in [1.82, 2.24) is 9.80 Å². The van der Waals surface area contributed by atoms with Crippen LogP contribution in [0.3, 0.4) is 0 Å². The van der Waals surface area contributed by atoms with Crippen molar-refractivity contribution >= 4 is 12.0 Å². The predicted molar refractivity (Wildman–Crippen MR) is 83.6 cm³/mol. The van der Waals surface area contributed by atoms with E-state index in [0.29, 0.717) is 0 Å². The van der Waals surface area contributed by atoms with E-state index < -0.39 is 18.2 Å². The lowest BCUT2D eigenvalue weighted by atomic mass is 10.2. The fraction of sp³-hybridized carbons (Fsp3) is 0.529. The lowest BCUT2D eigenvalue weighted by molar-refractivity contribution is -0.134. The van der Waals surface area contributed by atoms with Gasteiger partial charge in [-0.05, 0) is 18.4 Å². The number of aliphatic hydroxyl groups excluding tert-OH is 1. The van der Waals surface area contributed by atoms with Gasteiger partial charge in [-0.15, -0.1) is 0 Å². The first-order valence-corrected chi connectivity index (χ1v) is 8.09. The molecule has 6 nitrogen and oxygen atoms in total. The van der Waals surface area contributed by atoms with Crippen LogP contribution in [0.4, 0.5) is 4.79 Å². The molecule has 2 aliphatic rings. The van der Waals surface area contributed by atoms with Gasteiger partial charge in [0.1, 0.15) is 12.6 Å². The molecule has 2 saturated heterocycles. The fourth-order valence-corrected chi connectivity index (χ4v) is 3.20. The molecule has 2 amide bonds. The lowest BCUT2D eigenvalue weighted by Crippen LogP contribution is -2.47. The Hall–Kier alpha value is -2.08. The molecule has 0 aliphatic carbocycles. The molecule has 0 bridgehead atoms. The molecule has 1 unspecified atom stereocenters. The van der Waals surface area contributed by atoms with Crippen LogP contribution in [0.1, 0.15) is 24.8 Å². The average molecular weight is 318 g/mol. The Morgan fingerprint density at radius 3 is 2.57 bits per heavy atom. The molecule has 2 heterocycles. The largest absolute Gasteiger partial charge is 0.445 e. The van der Waals surface area contributed by atoms with Crippen LogP contribution in [0.15, 0.2) is 30.3 Å². The molecule has 0 spiro atoms. The van der Waals surface area contributed by atoms with Crippen LogP contribution in [0.2, 0.25) is 0 Å². The van der Waals surface area contributed by atoms with E-state index in [9.17, 15) is 14.7 Å².